The minimum atomic E-state index is -0.692. The number of hydrogen-bond acceptors (Lipinski definition) is 3. The summed E-state index contributed by atoms with van der Waals surface area (Å²) in [6, 6.07) is 0. The van der Waals surface area contributed by atoms with E-state index in [1.54, 1.807) is 6.20 Å². The molecule has 1 aromatic rings. The molecule has 2 rings (SSSR count). The van der Waals surface area contributed by atoms with Crippen LogP contribution in [0.2, 0.25) is 5.15 Å². The van der Waals surface area contributed by atoms with E-state index in [1.807, 2.05) is 18.5 Å². The summed E-state index contributed by atoms with van der Waals surface area (Å²) in [7, 11) is 1.88. The molecule has 0 aliphatic carbocycles. The lowest BCUT2D eigenvalue weighted by Gasteiger charge is -2.36. The van der Waals surface area contributed by atoms with Crippen LogP contribution in [0, 0.1) is 5.41 Å². The molecule has 1 aliphatic heterocycles. The second kappa shape index (κ2) is 4.90. The van der Waals surface area contributed by atoms with Crippen LogP contribution in [-0.4, -0.2) is 38.6 Å². The maximum atomic E-state index is 11.1. The SMILES string of the molecule is Cn1c(Cl)cnc1CN1CCC(C)(C(=O)O)CC1. The summed E-state index contributed by atoms with van der Waals surface area (Å²) in [6.07, 6.45) is 3.00. The predicted molar refractivity (Wildman–Crippen MR) is 68.5 cm³/mol. The first-order valence-electron chi connectivity index (χ1n) is 6.04. The topological polar surface area (TPSA) is 58.4 Å². The number of carboxylic acid groups (broad SMARTS) is 1. The molecule has 6 heteroatoms. The average Bonchev–Trinajstić information content (AvgIpc) is 2.64. The van der Waals surface area contributed by atoms with Gasteiger partial charge in [-0.25, -0.2) is 4.98 Å². The lowest BCUT2D eigenvalue weighted by Crippen LogP contribution is -2.42. The normalized spacial score (nSPS) is 19.9. The second-order valence-corrected chi connectivity index (χ2v) is 5.59. The highest BCUT2D eigenvalue weighted by molar-refractivity contribution is 6.29. The summed E-state index contributed by atoms with van der Waals surface area (Å²) in [4.78, 5) is 17.6. The quantitative estimate of drug-likeness (QED) is 0.910. The zero-order valence-corrected chi connectivity index (χ0v) is 11.4. The number of halogens is 1. The maximum absolute atomic E-state index is 11.1. The number of carboxylic acids is 1. The van der Waals surface area contributed by atoms with E-state index in [-0.39, 0.29) is 0 Å². The Morgan fingerprint density at radius 1 is 1.56 bits per heavy atom. The van der Waals surface area contributed by atoms with Crippen LogP contribution in [0.4, 0.5) is 0 Å². The van der Waals surface area contributed by atoms with Crippen LogP contribution in [0.25, 0.3) is 0 Å². The highest BCUT2D eigenvalue weighted by atomic mass is 35.5. The van der Waals surface area contributed by atoms with Crippen molar-refractivity contribution in [2.45, 2.75) is 26.3 Å². The fourth-order valence-corrected chi connectivity index (χ4v) is 2.34. The van der Waals surface area contributed by atoms with Crippen molar-refractivity contribution in [1.82, 2.24) is 14.5 Å². The molecule has 1 aliphatic rings. The van der Waals surface area contributed by atoms with E-state index in [1.165, 1.54) is 0 Å². The van der Waals surface area contributed by atoms with Gasteiger partial charge in [0.15, 0.2) is 0 Å². The molecule has 0 bridgehead atoms. The number of imidazole rings is 1. The molecule has 0 atom stereocenters. The first-order valence-corrected chi connectivity index (χ1v) is 6.42. The molecule has 0 amide bonds. The molecule has 2 heterocycles. The summed E-state index contributed by atoms with van der Waals surface area (Å²) in [6.45, 7) is 4.11. The lowest BCUT2D eigenvalue weighted by molar-refractivity contribution is -0.150. The van der Waals surface area contributed by atoms with Gasteiger partial charge in [0.25, 0.3) is 0 Å². The van der Waals surface area contributed by atoms with Gasteiger partial charge in [0.1, 0.15) is 11.0 Å². The van der Waals surface area contributed by atoms with E-state index >= 15 is 0 Å². The summed E-state index contributed by atoms with van der Waals surface area (Å²) < 4.78 is 1.85. The molecular formula is C12H18ClN3O2. The minimum absolute atomic E-state index is 0.574. The van der Waals surface area contributed by atoms with Crippen molar-refractivity contribution < 1.29 is 9.90 Å². The number of rotatable bonds is 3. The van der Waals surface area contributed by atoms with Crippen molar-refractivity contribution >= 4 is 17.6 Å². The molecule has 1 fully saturated rings. The monoisotopic (exact) mass is 271 g/mol. The van der Waals surface area contributed by atoms with Crippen molar-refractivity contribution in [3.8, 4) is 0 Å². The fourth-order valence-electron chi connectivity index (χ4n) is 2.19. The Morgan fingerprint density at radius 3 is 2.61 bits per heavy atom. The standard InChI is InChI=1S/C12H18ClN3O2/c1-12(11(17)18)3-5-16(6-4-12)8-10-14-7-9(13)15(10)2/h7H,3-6,8H2,1-2H3,(H,17,18). The number of aromatic nitrogens is 2. The van der Waals surface area contributed by atoms with E-state index in [0.717, 1.165) is 25.5 Å². The number of piperidine rings is 1. The van der Waals surface area contributed by atoms with Crippen LogP contribution in [0.5, 0.6) is 0 Å². The van der Waals surface area contributed by atoms with E-state index in [0.29, 0.717) is 18.0 Å². The van der Waals surface area contributed by atoms with Gasteiger partial charge in [-0.05, 0) is 32.9 Å². The van der Waals surface area contributed by atoms with Gasteiger partial charge in [-0.2, -0.15) is 0 Å². The summed E-state index contributed by atoms with van der Waals surface area (Å²) in [5.41, 5.74) is -0.574. The van der Waals surface area contributed by atoms with Crippen LogP contribution in [0.15, 0.2) is 6.20 Å². The number of aliphatic carboxylic acids is 1. The first kappa shape index (κ1) is 13.4. The average molecular weight is 272 g/mol. The van der Waals surface area contributed by atoms with Crippen LogP contribution in [0.1, 0.15) is 25.6 Å². The number of nitrogens with zero attached hydrogens (tertiary/aromatic N) is 3. The molecule has 0 spiro atoms. The van der Waals surface area contributed by atoms with Gasteiger partial charge < -0.3 is 9.67 Å². The van der Waals surface area contributed by atoms with Crippen molar-refractivity contribution in [2.24, 2.45) is 12.5 Å². The molecule has 18 heavy (non-hydrogen) atoms. The van der Waals surface area contributed by atoms with Crippen LogP contribution in [0.3, 0.4) is 0 Å². The molecule has 100 valence electrons. The van der Waals surface area contributed by atoms with Gasteiger partial charge in [-0.15, -0.1) is 0 Å². The Balaban J connectivity index is 1.95. The number of carbonyl (C=O) groups is 1. The summed E-state index contributed by atoms with van der Waals surface area (Å²) >= 11 is 5.94. The second-order valence-electron chi connectivity index (χ2n) is 5.20. The van der Waals surface area contributed by atoms with Crippen LogP contribution < -0.4 is 0 Å². The summed E-state index contributed by atoms with van der Waals surface area (Å²) in [5.74, 6) is 0.223. The molecule has 0 saturated carbocycles. The predicted octanol–water partition coefficient (Wildman–Crippen LogP) is 1.76. The van der Waals surface area contributed by atoms with E-state index in [2.05, 4.69) is 9.88 Å². The minimum Gasteiger partial charge on any atom is -0.481 e. The molecule has 0 unspecified atom stereocenters. The third kappa shape index (κ3) is 2.52. The largest absolute Gasteiger partial charge is 0.481 e. The van der Waals surface area contributed by atoms with Crippen LogP contribution in [-0.2, 0) is 18.4 Å². The van der Waals surface area contributed by atoms with Gasteiger partial charge in [0.2, 0.25) is 0 Å². The van der Waals surface area contributed by atoms with Crippen molar-refractivity contribution in [3.05, 3.63) is 17.2 Å². The molecule has 1 aromatic heterocycles. The lowest BCUT2D eigenvalue weighted by atomic mass is 9.80. The number of likely N-dealkylation sites (tertiary alicyclic amines) is 1. The van der Waals surface area contributed by atoms with Crippen molar-refractivity contribution in [1.29, 1.82) is 0 Å². The van der Waals surface area contributed by atoms with Gasteiger partial charge >= 0.3 is 5.97 Å². The van der Waals surface area contributed by atoms with E-state index in [9.17, 15) is 4.79 Å². The Labute approximate surface area is 111 Å². The smallest absolute Gasteiger partial charge is 0.309 e. The zero-order valence-electron chi connectivity index (χ0n) is 10.7. The Kier molecular flexibility index (Phi) is 3.64. The van der Waals surface area contributed by atoms with E-state index in [4.69, 9.17) is 16.7 Å². The van der Waals surface area contributed by atoms with Gasteiger partial charge in [0, 0.05) is 7.05 Å². The van der Waals surface area contributed by atoms with E-state index < -0.39 is 11.4 Å². The Bertz CT molecular complexity index is 450. The highest BCUT2D eigenvalue weighted by Gasteiger charge is 2.36. The summed E-state index contributed by atoms with van der Waals surface area (Å²) in [5, 5.41) is 9.79. The fraction of sp³-hybridized carbons (Fsp3) is 0.667. The third-order valence-electron chi connectivity index (χ3n) is 3.87. The van der Waals surface area contributed by atoms with Crippen molar-refractivity contribution in [3.63, 3.8) is 0 Å². The molecule has 1 N–H and O–H groups in total. The molecule has 5 nitrogen and oxygen atoms in total. The Morgan fingerprint density at radius 2 is 2.17 bits per heavy atom. The number of hydrogen-bond donors (Lipinski definition) is 1. The Hall–Kier alpha value is -1.07. The van der Waals surface area contributed by atoms with Crippen LogP contribution >= 0.6 is 11.6 Å². The van der Waals surface area contributed by atoms with Gasteiger partial charge in [-0.1, -0.05) is 11.6 Å². The zero-order chi connectivity index (χ0) is 13.3. The molecule has 0 aromatic carbocycles. The van der Waals surface area contributed by atoms with Gasteiger partial charge in [-0.3, -0.25) is 9.69 Å². The van der Waals surface area contributed by atoms with Crippen molar-refractivity contribution in [2.75, 3.05) is 13.1 Å². The highest BCUT2D eigenvalue weighted by Crippen LogP contribution is 2.31. The third-order valence-corrected chi connectivity index (χ3v) is 4.22. The first-order chi connectivity index (χ1) is 8.42. The van der Waals surface area contributed by atoms with Gasteiger partial charge in [0.05, 0.1) is 18.2 Å². The molecule has 1 saturated heterocycles. The molecular weight excluding hydrogens is 254 g/mol. The molecule has 0 radical (unpaired) electrons. The maximum Gasteiger partial charge on any atom is 0.309 e.